The highest BCUT2D eigenvalue weighted by Crippen LogP contribution is 2.22. The third-order valence-electron chi connectivity index (χ3n) is 2.49. The minimum absolute atomic E-state index is 0.0359. The summed E-state index contributed by atoms with van der Waals surface area (Å²) in [6, 6.07) is 5.87. The molecule has 0 aromatic heterocycles. The number of benzene rings is 1. The molecular formula is C13H11NO4. The summed E-state index contributed by atoms with van der Waals surface area (Å²) in [6.07, 6.45) is 1.21. The molecule has 1 aliphatic rings. The van der Waals surface area contributed by atoms with Crippen LogP contribution in [0.1, 0.15) is 12.5 Å². The average Bonchev–Trinajstić information content (AvgIpc) is 2.28. The summed E-state index contributed by atoms with van der Waals surface area (Å²) in [7, 11) is 0. The van der Waals surface area contributed by atoms with Crippen LogP contribution in [0, 0.1) is 0 Å². The number of ether oxygens (including phenoxy) is 1. The molecule has 1 aromatic rings. The largest absolute Gasteiger partial charge is 0.508 e. The van der Waals surface area contributed by atoms with E-state index in [-0.39, 0.29) is 22.8 Å². The van der Waals surface area contributed by atoms with E-state index in [4.69, 9.17) is 15.6 Å². The predicted octanol–water partition coefficient (Wildman–Crippen LogP) is 1.09. The monoisotopic (exact) mass is 245 g/mol. The summed E-state index contributed by atoms with van der Waals surface area (Å²) in [5.41, 5.74) is 6.11. The highest BCUT2D eigenvalue weighted by Gasteiger charge is 2.27. The van der Waals surface area contributed by atoms with E-state index in [0.717, 1.165) is 0 Å². The van der Waals surface area contributed by atoms with Gasteiger partial charge < -0.3 is 15.6 Å². The fourth-order valence-corrected chi connectivity index (χ4v) is 1.61. The maximum Gasteiger partial charge on any atom is 0.349 e. The number of carbonyl (C=O) groups is 2. The topological polar surface area (TPSA) is 89.6 Å². The molecule has 3 N–H and O–H groups in total. The van der Waals surface area contributed by atoms with Crippen LogP contribution in [-0.2, 0) is 14.3 Å². The summed E-state index contributed by atoms with van der Waals surface area (Å²) in [5, 5.41) is 9.16. The lowest BCUT2D eigenvalue weighted by atomic mass is 10.0. The molecule has 0 saturated carbocycles. The highest BCUT2D eigenvalue weighted by molar-refractivity contribution is 6.27. The van der Waals surface area contributed by atoms with Crippen molar-refractivity contribution in [2.24, 2.45) is 5.73 Å². The minimum Gasteiger partial charge on any atom is -0.508 e. The van der Waals surface area contributed by atoms with Crippen molar-refractivity contribution in [3.8, 4) is 5.75 Å². The normalized spacial score (nSPS) is 18.2. The van der Waals surface area contributed by atoms with Gasteiger partial charge in [0.25, 0.3) is 0 Å². The second kappa shape index (κ2) is 4.37. The Morgan fingerprint density at radius 2 is 1.83 bits per heavy atom. The van der Waals surface area contributed by atoms with Crippen LogP contribution < -0.4 is 5.73 Å². The zero-order chi connectivity index (χ0) is 13.3. The number of hydrogen-bond acceptors (Lipinski definition) is 5. The Labute approximate surface area is 103 Å². The Bertz CT molecular complexity index is 582. The number of ketones is 1. The van der Waals surface area contributed by atoms with Gasteiger partial charge in [0.1, 0.15) is 17.1 Å². The van der Waals surface area contributed by atoms with Gasteiger partial charge in [0.2, 0.25) is 0 Å². The van der Waals surface area contributed by atoms with E-state index in [9.17, 15) is 9.59 Å². The molecule has 1 heterocycles. The first-order valence-electron chi connectivity index (χ1n) is 5.23. The third-order valence-corrected chi connectivity index (χ3v) is 2.49. The van der Waals surface area contributed by atoms with E-state index in [1.807, 2.05) is 0 Å². The number of carbonyl (C=O) groups excluding carboxylic acids is 2. The third kappa shape index (κ3) is 2.10. The van der Waals surface area contributed by atoms with Gasteiger partial charge in [-0.15, -0.1) is 0 Å². The Balaban J connectivity index is 2.50. The second-order valence-corrected chi connectivity index (χ2v) is 3.84. The molecule has 0 atom stereocenters. The van der Waals surface area contributed by atoms with E-state index in [1.54, 1.807) is 0 Å². The summed E-state index contributed by atoms with van der Waals surface area (Å²) < 4.78 is 4.85. The smallest absolute Gasteiger partial charge is 0.349 e. The summed E-state index contributed by atoms with van der Waals surface area (Å²) in [5.74, 6) is -0.919. The van der Waals surface area contributed by atoms with Crippen molar-refractivity contribution in [1.29, 1.82) is 0 Å². The van der Waals surface area contributed by atoms with Crippen LogP contribution in [0.5, 0.6) is 5.75 Å². The predicted molar refractivity (Wildman–Crippen MR) is 64.1 cm³/mol. The zero-order valence-corrected chi connectivity index (χ0v) is 9.64. The Morgan fingerprint density at radius 1 is 1.22 bits per heavy atom. The van der Waals surface area contributed by atoms with E-state index >= 15 is 0 Å². The van der Waals surface area contributed by atoms with Crippen LogP contribution in [0.15, 0.2) is 41.7 Å². The molecule has 0 fully saturated rings. The van der Waals surface area contributed by atoms with E-state index in [0.29, 0.717) is 5.56 Å². The lowest BCUT2D eigenvalue weighted by Crippen LogP contribution is -2.23. The molecule has 0 saturated heterocycles. The molecule has 0 amide bonds. The van der Waals surface area contributed by atoms with E-state index < -0.39 is 11.8 Å². The zero-order valence-electron chi connectivity index (χ0n) is 9.64. The Kier molecular flexibility index (Phi) is 2.89. The molecule has 18 heavy (non-hydrogen) atoms. The van der Waals surface area contributed by atoms with Crippen molar-refractivity contribution >= 4 is 17.4 Å². The molecule has 0 aliphatic carbocycles. The van der Waals surface area contributed by atoms with Crippen LogP contribution in [-0.4, -0.2) is 16.9 Å². The van der Waals surface area contributed by atoms with Gasteiger partial charge in [-0.05, 0) is 36.8 Å². The van der Waals surface area contributed by atoms with Crippen LogP contribution in [0.3, 0.4) is 0 Å². The molecule has 0 spiro atoms. The van der Waals surface area contributed by atoms with Crippen molar-refractivity contribution in [2.75, 3.05) is 0 Å². The van der Waals surface area contributed by atoms with Gasteiger partial charge in [-0.1, -0.05) is 0 Å². The quantitative estimate of drug-likeness (QED) is 0.439. The lowest BCUT2D eigenvalue weighted by molar-refractivity contribution is -0.137. The van der Waals surface area contributed by atoms with Gasteiger partial charge >= 0.3 is 5.97 Å². The first-order chi connectivity index (χ1) is 8.49. The minimum atomic E-state index is -0.759. The maximum atomic E-state index is 11.7. The SMILES string of the molecule is CC1=CC(=O)/C(=C(\N)c2ccc(O)cc2)C(=O)O1. The molecule has 92 valence electrons. The van der Waals surface area contributed by atoms with Gasteiger partial charge in [0.05, 0.1) is 5.70 Å². The van der Waals surface area contributed by atoms with Gasteiger partial charge in [0, 0.05) is 6.08 Å². The first kappa shape index (κ1) is 11.9. The Hall–Kier alpha value is -2.56. The van der Waals surface area contributed by atoms with Crippen molar-refractivity contribution < 1.29 is 19.4 Å². The highest BCUT2D eigenvalue weighted by atomic mass is 16.5. The number of esters is 1. The fraction of sp³-hybridized carbons (Fsp3) is 0.0769. The van der Waals surface area contributed by atoms with Crippen molar-refractivity contribution in [3.05, 3.63) is 47.2 Å². The molecule has 5 heteroatoms. The van der Waals surface area contributed by atoms with Crippen molar-refractivity contribution in [1.82, 2.24) is 0 Å². The molecule has 2 rings (SSSR count). The molecule has 5 nitrogen and oxygen atoms in total. The molecule has 0 radical (unpaired) electrons. The van der Waals surface area contributed by atoms with E-state index in [2.05, 4.69) is 0 Å². The van der Waals surface area contributed by atoms with Crippen molar-refractivity contribution in [3.63, 3.8) is 0 Å². The van der Waals surface area contributed by atoms with Gasteiger partial charge in [0.15, 0.2) is 5.78 Å². The first-order valence-corrected chi connectivity index (χ1v) is 5.23. The number of rotatable bonds is 1. The lowest BCUT2D eigenvalue weighted by Gasteiger charge is -2.14. The molecule has 1 aromatic carbocycles. The van der Waals surface area contributed by atoms with Crippen LogP contribution in [0.2, 0.25) is 0 Å². The number of nitrogens with two attached hydrogens (primary N) is 1. The molecule has 0 bridgehead atoms. The average molecular weight is 245 g/mol. The summed E-state index contributed by atoms with van der Waals surface area (Å²) in [6.45, 7) is 1.52. The van der Waals surface area contributed by atoms with Crippen molar-refractivity contribution in [2.45, 2.75) is 6.92 Å². The van der Waals surface area contributed by atoms with Gasteiger partial charge in [-0.2, -0.15) is 0 Å². The maximum absolute atomic E-state index is 11.7. The molecule has 1 aliphatic heterocycles. The number of phenolic OH excluding ortho intramolecular Hbond substituents is 1. The number of aromatic hydroxyl groups is 1. The fourth-order valence-electron chi connectivity index (χ4n) is 1.61. The number of hydrogen-bond donors (Lipinski definition) is 2. The Morgan fingerprint density at radius 3 is 2.39 bits per heavy atom. The van der Waals surface area contributed by atoms with E-state index in [1.165, 1.54) is 37.3 Å². The summed E-state index contributed by atoms with van der Waals surface area (Å²) in [4.78, 5) is 23.4. The van der Waals surface area contributed by atoms with Crippen LogP contribution in [0.4, 0.5) is 0 Å². The van der Waals surface area contributed by atoms with Crippen LogP contribution in [0.25, 0.3) is 5.70 Å². The summed E-state index contributed by atoms with van der Waals surface area (Å²) >= 11 is 0. The molecule has 0 unspecified atom stereocenters. The number of phenols is 1. The number of allylic oxidation sites excluding steroid dienone is 2. The van der Waals surface area contributed by atoms with Gasteiger partial charge in [-0.3, -0.25) is 4.79 Å². The number of cyclic esters (lactones) is 1. The molecular weight excluding hydrogens is 234 g/mol. The standard InChI is InChI=1S/C13H11NO4/c1-7-6-10(16)11(13(17)18-7)12(14)8-2-4-9(15)5-3-8/h2-6,15H,14H2,1H3/b12-11+. The van der Waals surface area contributed by atoms with Crippen LogP contribution >= 0.6 is 0 Å². The van der Waals surface area contributed by atoms with Gasteiger partial charge in [-0.25, -0.2) is 4.79 Å². The second-order valence-electron chi connectivity index (χ2n) is 3.84.